The molecule has 0 fully saturated rings. The number of primary amides is 2. The van der Waals surface area contributed by atoms with Gasteiger partial charge in [0.1, 0.15) is 6.10 Å². The van der Waals surface area contributed by atoms with Crippen molar-refractivity contribution < 1.29 is 19.1 Å². The Morgan fingerprint density at radius 3 is 2.07 bits per heavy atom. The average molecular weight is 218 g/mol. The largest absolute Gasteiger partial charge is 0.450 e. The average Bonchev–Trinajstić information content (AvgIpc) is 1.99. The number of rotatable bonds is 4. The van der Waals surface area contributed by atoms with Crippen LogP contribution in [0.5, 0.6) is 0 Å². The molecule has 0 aliphatic heterocycles. The minimum atomic E-state index is -0.846. The first kappa shape index (κ1) is 13.5. The van der Waals surface area contributed by atoms with E-state index in [9.17, 15) is 9.59 Å². The lowest BCUT2D eigenvalue weighted by molar-refractivity contribution is 0.0185. The Hall–Kier alpha value is -1.46. The quantitative estimate of drug-likeness (QED) is 0.733. The second-order valence-corrected chi connectivity index (χ2v) is 4.25. The minimum absolute atomic E-state index is 0.102. The number of amides is 2. The summed E-state index contributed by atoms with van der Waals surface area (Å²) in [6, 6.07) is 0. The molecule has 2 amide bonds. The highest BCUT2D eigenvalue weighted by atomic mass is 16.6. The maximum atomic E-state index is 10.6. The Morgan fingerprint density at radius 2 is 1.73 bits per heavy atom. The number of carbonyl (C=O) groups excluding carboxylic acids is 2. The molecule has 88 valence electrons. The Morgan fingerprint density at radius 1 is 1.20 bits per heavy atom. The molecule has 0 spiro atoms. The maximum absolute atomic E-state index is 10.6. The number of nitrogens with two attached hydrogens (primary N) is 2. The Labute approximate surface area is 88.9 Å². The number of hydrogen-bond donors (Lipinski definition) is 2. The highest BCUT2D eigenvalue weighted by Crippen LogP contribution is 2.24. The van der Waals surface area contributed by atoms with Gasteiger partial charge in [-0.25, -0.2) is 9.59 Å². The summed E-state index contributed by atoms with van der Waals surface area (Å²) in [6.07, 6.45) is -1.72. The van der Waals surface area contributed by atoms with Crippen molar-refractivity contribution in [1.29, 1.82) is 0 Å². The highest BCUT2D eigenvalue weighted by molar-refractivity contribution is 5.65. The van der Waals surface area contributed by atoms with Gasteiger partial charge < -0.3 is 20.9 Å². The Balaban J connectivity index is 4.14. The van der Waals surface area contributed by atoms with E-state index in [1.807, 2.05) is 20.8 Å². The zero-order chi connectivity index (χ0) is 12.1. The van der Waals surface area contributed by atoms with Gasteiger partial charge in [-0.1, -0.05) is 20.8 Å². The SMILES string of the molecule is CC(C)(C)C(CCOC(N)=O)OC(N)=O. The van der Waals surface area contributed by atoms with E-state index < -0.39 is 18.3 Å². The molecule has 0 radical (unpaired) electrons. The second-order valence-electron chi connectivity index (χ2n) is 4.25. The predicted molar refractivity (Wildman–Crippen MR) is 54.1 cm³/mol. The molecule has 0 aromatic carbocycles. The molecule has 0 saturated heterocycles. The number of ether oxygens (including phenoxy) is 2. The molecule has 0 heterocycles. The summed E-state index contributed by atoms with van der Waals surface area (Å²) in [4.78, 5) is 20.9. The summed E-state index contributed by atoms with van der Waals surface area (Å²) >= 11 is 0. The van der Waals surface area contributed by atoms with E-state index in [1.54, 1.807) is 0 Å². The molecular weight excluding hydrogens is 200 g/mol. The zero-order valence-corrected chi connectivity index (χ0v) is 9.28. The minimum Gasteiger partial charge on any atom is -0.450 e. The van der Waals surface area contributed by atoms with Crippen LogP contribution in [0.3, 0.4) is 0 Å². The van der Waals surface area contributed by atoms with Crippen LogP contribution in [0.2, 0.25) is 0 Å². The first-order chi connectivity index (χ1) is 6.73. The van der Waals surface area contributed by atoms with Gasteiger partial charge in [-0.2, -0.15) is 0 Å². The first-order valence-corrected chi connectivity index (χ1v) is 4.62. The van der Waals surface area contributed by atoms with Crippen molar-refractivity contribution in [3.63, 3.8) is 0 Å². The van der Waals surface area contributed by atoms with Crippen LogP contribution in [-0.2, 0) is 9.47 Å². The smallest absolute Gasteiger partial charge is 0.404 e. The topological polar surface area (TPSA) is 105 Å². The van der Waals surface area contributed by atoms with Gasteiger partial charge in [-0.15, -0.1) is 0 Å². The summed E-state index contributed by atoms with van der Waals surface area (Å²) in [5, 5.41) is 0. The molecule has 0 aliphatic rings. The van der Waals surface area contributed by atoms with Crippen molar-refractivity contribution in [2.45, 2.75) is 33.3 Å². The summed E-state index contributed by atoms with van der Waals surface area (Å²) in [5.41, 5.74) is 9.46. The molecule has 0 aliphatic carbocycles. The molecule has 0 aromatic rings. The van der Waals surface area contributed by atoms with Gasteiger partial charge in [0, 0.05) is 6.42 Å². The van der Waals surface area contributed by atoms with Gasteiger partial charge in [0.25, 0.3) is 0 Å². The predicted octanol–water partition coefficient (Wildman–Crippen LogP) is 0.982. The molecular formula is C9H18N2O4. The molecule has 0 aromatic heterocycles. The van der Waals surface area contributed by atoms with Crippen molar-refractivity contribution in [2.24, 2.45) is 16.9 Å². The number of carbonyl (C=O) groups is 2. The van der Waals surface area contributed by atoms with E-state index in [2.05, 4.69) is 4.74 Å². The van der Waals surface area contributed by atoms with E-state index in [4.69, 9.17) is 16.2 Å². The van der Waals surface area contributed by atoms with Crippen LogP contribution in [0.25, 0.3) is 0 Å². The zero-order valence-electron chi connectivity index (χ0n) is 9.28. The lowest BCUT2D eigenvalue weighted by Gasteiger charge is -2.29. The fourth-order valence-corrected chi connectivity index (χ4v) is 1.08. The molecule has 1 atom stereocenters. The van der Waals surface area contributed by atoms with Crippen LogP contribution in [-0.4, -0.2) is 24.9 Å². The van der Waals surface area contributed by atoms with Gasteiger partial charge >= 0.3 is 12.2 Å². The monoisotopic (exact) mass is 218 g/mol. The van der Waals surface area contributed by atoms with E-state index in [1.165, 1.54) is 0 Å². The summed E-state index contributed by atoms with van der Waals surface area (Å²) in [7, 11) is 0. The van der Waals surface area contributed by atoms with E-state index in [0.717, 1.165) is 0 Å². The van der Waals surface area contributed by atoms with Crippen LogP contribution in [0.1, 0.15) is 27.2 Å². The summed E-state index contributed by atoms with van der Waals surface area (Å²) in [5.74, 6) is 0. The van der Waals surface area contributed by atoms with Gasteiger partial charge in [-0.05, 0) is 5.41 Å². The van der Waals surface area contributed by atoms with Crippen LogP contribution in [0.15, 0.2) is 0 Å². The lowest BCUT2D eigenvalue weighted by atomic mass is 9.87. The van der Waals surface area contributed by atoms with E-state index >= 15 is 0 Å². The fraction of sp³-hybridized carbons (Fsp3) is 0.778. The van der Waals surface area contributed by atoms with E-state index in [-0.39, 0.29) is 12.0 Å². The number of hydrogen-bond acceptors (Lipinski definition) is 4. The first-order valence-electron chi connectivity index (χ1n) is 4.62. The van der Waals surface area contributed by atoms with Gasteiger partial charge in [0.05, 0.1) is 6.61 Å². The van der Waals surface area contributed by atoms with E-state index in [0.29, 0.717) is 6.42 Å². The molecule has 0 bridgehead atoms. The van der Waals surface area contributed by atoms with Gasteiger partial charge in [0.15, 0.2) is 0 Å². The highest BCUT2D eigenvalue weighted by Gasteiger charge is 2.27. The standard InChI is InChI=1S/C9H18N2O4/c1-9(2,3)6(15-8(11)13)4-5-14-7(10)12/h6H,4-5H2,1-3H3,(H2,10,12)(H2,11,13). The normalized spacial score (nSPS) is 13.0. The third-order valence-electron chi connectivity index (χ3n) is 1.85. The van der Waals surface area contributed by atoms with Crippen LogP contribution >= 0.6 is 0 Å². The fourth-order valence-electron chi connectivity index (χ4n) is 1.08. The third kappa shape index (κ3) is 6.59. The van der Waals surface area contributed by atoms with Crippen molar-refractivity contribution in [2.75, 3.05) is 6.61 Å². The summed E-state index contributed by atoms with van der Waals surface area (Å²) in [6.45, 7) is 5.78. The van der Waals surface area contributed by atoms with Crippen molar-refractivity contribution in [3.8, 4) is 0 Å². The molecule has 0 rings (SSSR count). The maximum Gasteiger partial charge on any atom is 0.404 e. The van der Waals surface area contributed by atoms with Gasteiger partial charge in [0.2, 0.25) is 0 Å². The second kappa shape index (κ2) is 5.43. The summed E-state index contributed by atoms with van der Waals surface area (Å²) < 4.78 is 9.46. The van der Waals surface area contributed by atoms with Crippen LogP contribution in [0.4, 0.5) is 9.59 Å². The van der Waals surface area contributed by atoms with Crippen molar-refractivity contribution >= 4 is 12.2 Å². The molecule has 15 heavy (non-hydrogen) atoms. The molecule has 0 saturated carbocycles. The third-order valence-corrected chi connectivity index (χ3v) is 1.85. The van der Waals surface area contributed by atoms with Crippen LogP contribution in [0, 0.1) is 5.41 Å². The lowest BCUT2D eigenvalue weighted by Crippen LogP contribution is -2.35. The molecule has 6 heteroatoms. The molecule has 1 unspecified atom stereocenters. The molecule has 6 nitrogen and oxygen atoms in total. The van der Waals surface area contributed by atoms with Crippen molar-refractivity contribution in [1.82, 2.24) is 0 Å². The Kier molecular flexibility index (Phi) is 4.90. The van der Waals surface area contributed by atoms with Crippen LogP contribution < -0.4 is 11.5 Å². The van der Waals surface area contributed by atoms with Crippen molar-refractivity contribution in [3.05, 3.63) is 0 Å². The molecule has 4 N–H and O–H groups in total. The van der Waals surface area contributed by atoms with Gasteiger partial charge in [-0.3, -0.25) is 0 Å². The Bertz CT molecular complexity index is 235.